The van der Waals surface area contributed by atoms with E-state index in [0.717, 1.165) is 34.2 Å². The molecule has 1 aromatic carbocycles. The SMILES string of the molecule is CCOc1ccc(-n2c(C)cc(C=C(C#N)C(=O)OCC(=O)Nc3sccc3C(N)=O)c2C)cc1. The molecule has 0 radical (unpaired) electrons. The van der Waals surface area contributed by atoms with E-state index in [4.69, 9.17) is 15.2 Å². The van der Waals surface area contributed by atoms with E-state index in [0.29, 0.717) is 12.2 Å². The lowest BCUT2D eigenvalue weighted by Gasteiger charge is -2.11. The molecule has 3 rings (SSSR count). The van der Waals surface area contributed by atoms with Gasteiger partial charge in [0.1, 0.15) is 22.4 Å². The quantitative estimate of drug-likeness (QED) is 0.265. The standard InChI is InChI=1S/C25H24N4O5S/c1-4-33-20-7-5-19(6-8-20)29-15(2)11-17(16(29)3)12-18(13-26)25(32)34-14-22(30)28-24-21(23(27)31)9-10-35-24/h5-12H,4,14H2,1-3H3,(H2,27,31)(H,28,30). The maximum atomic E-state index is 12.4. The van der Waals surface area contributed by atoms with Crippen molar-refractivity contribution >= 4 is 40.2 Å². The Bertz CT molecular complexity index is 1330. The minimum absolute atomic E-state index is 0.162. The van der Waals surface area contributed by atoms with E-state index in [2.05, 4.69) is 5.32 Å². The Morgan fingerprint density at radius 1 is 1.20 bits per heavy atom. The van der Waals surface area contributed by atoms with Crippen LogP contribution < -0.4 is 15.8 Å². The molecule has 0 atom stereocenters. The van der Waals surface area contributed by atoms with Crippen LogP contribution in [0.1, 0.15) is 34.2 Å². The van der Waals surface area contributed by atoms with E-state index < -0.39 is 24.4 Å². The van der Waals surface area contributed by atoms with Gasteiger partial charge in [0.2, 0.25) is 0 Å². The molecule has 3 aromatic rings. The molecule has 0 saturated carbocycles. The number of benzene rings is 1. The summed E-state index contributed by atoms with van der Waals surface area (Å²) in [4.78, 5) is 35.9. The van der Waals surface area contributed by atoms with Crippen LogP contribution in [0, 0.1) is 25.2 Å². The van der Waals surface area contributed by atoms with E-state index in [1.54, 1.807) is 5.38 Å². The van der Waals surface area contributed by atoms with Gasteiger partial charge in [0.25, 0.3) is 11.8 Å². The van der Waals surface area contributed by atoms with E-state index in [-0.39, 0.29) is 16.1 Å². The number of primary amides is 1. The molecule has 0 aliphatic rings. The molecule has 2 amide bonds. The first-order chi connectivity index (χ1) is 16.7. The van der Waals surface area contributed by atoms with Gasteiger partial charge in [-0.2, -0.15) is 5.26 Å². The van der Waals surface area contributed by atoms with Gasteiger partial charge in [-0.3, -0.25) is 9.59 Å². The van der Waals surface area contributed by atoms with Crippen LogP contribution in [0.5, 0.6) is 5.75 Å². The predicted molar refractivity (Wildman–Crippen MR) is 132 cm³/mol. The van der Waals surface area contributed by atoms with Crippen molar-refractivity contribution in [3.63, 3.8) is 0 Å². The number of carbonyl (C=O) groups is 3. The summed E-state index contributed by atoms with van der Waals surface area (Å²) in [5.74, 6) is -1.51. The molecule has 0 aliphatic carbocycles. The van der Waals surface area contributed by atoms with Gasteiger partial charge in [0.15, 0.2) is 6.61 Å². The largest absolute Gasteiger partial charge is 0.494 e. The number of aryl methyl sites for hydroxylation is 1. The number of rotatable bonds is 9. The number of aromatic nitrogens is 1. The first kappa shape index (κ1) is 25.3. The second-order valence-corrected chi connectivity index (χ2v) is 8.33. The number of nitriles is 1. The fourth-order valence-electron chi connectivity index (χ4n) is 3.45. The van der Waals surface area contributed by atoms with Gasteiger partial charge in [-0.05, 0) is 74.2 Å². The second kappa shape index (κ2) is 11.2. The topological polar surface area (TPSA) is 136 Å². The summed E-state index contributed by atoms with van der Waals surface area (Å²) in [5.41, 5.74) is 8.46. The maximum Gasteiger partial charge on any atom is 0.349 e. The molecular formula is C25H24N4O5S. The second-order valence-electron chi connectivity index (χ2n) is 7.41. The Morgan fingerprint density at radius 3 is 2.54 bits per heavy atom. The van der Waals surface area contributed by atoms with Gasteiger partial charge in [0, 0.05) is 17.1 Å². The van der Waals surface area contributed by atoms with Crippen LogP contribution in [0.2, 0.25) is 0 Å². The third-order valence-corrected chi connectivity index (χ3v) is 5.86. The Labute approximate surface area is 206 Å². The monoisotopic (exact) mass is 492 g/mol. The third kappa shape index (κ3) is 5.96. The molecule has 0 bridgehead atoms. The summed E-state index contributed by atoms with van der Waals surface area (Å²) in [7, 11) is 0. The van der Waals surface area contributed by atoms with E-state index >= 15 is 0 Å². The fourth-order valence-corrected chi connectivity index (χ4v) is 4.26. The van der Waals surface area contributed by atoms with Gasteiger partial charge in [-0.15, -0.1) is 11.3 Å². The summed E-state index contributed by atoms with van der Waals surface area (Å²) in [6.07, 6.45) is 1.43. The molecule has 35 heavy (non-hydrogen) atoms. The summed E-state index contributed by atoms with van der Waals surface area (Å²) >= 11 is 1.11. The molecule has 0 fully saturated rings. The predicted octanol–water partition coefficient (Wildman–Crippen LogP) is 3.74. The van der Waals surface area contributed by atoms with Gasteiger partial charge in [-0.1, -0.05) is 0 Å². The molecule has 9 nitrogen and oxygen atoms in total. The van der Waals surface area contributed by atoms with Gasteiger partial charge < -0.3 is 25.1 Å². The van der Waals surface area contributed by atoms with Crippen LogP contribution in [0.4, 0.5) is 5.00 Å². The zero-order valence-corrected chi connectivity index (χ0v) is 20.3. The molecule has 0 saturated heterocycles. The summed E-state index contributed by atoms with van der Waals surface area (Å²) in [6, 6.07) is 12.8. The highest BCUT2D eigenvalue weighted by atomic mass is 32.1. The van der Waals surface area contributed by atoms with Crippen molar-refractivity contribution in [2.45, 2.75) is 20.8 Å². The Kier molecular flexibility index (Phi) is 8.07. The van der Waals surface area contributed by atoms with Gasteiger partial charge in [-0.25, -0.2) is 4.79 Å². The number of carbonyl (C=O) groups excluding carboxylic acids is 3. The highest BCUT2D eigenvalue weighted by molar-refractivity contribution is 7.14. The number of ether oxygens (including phenoxy) is 2. The first-order valence-corrected chi connectivity index (χ1v) is 11.5. The summed E-state index contributed by atoms with van der Waals surface area (Å²) in [5, 5.41) is 13.8. The van der Waals surface area contributed by atoms with Crippen molar-refractivity contribution in [3.05, 3.63) is 69.9 Å². The van der Waals surface area contributed by atoms with E-state index in [1.807, 2.05) is 61.7 Å². The smallest absolute Gasteiger partial charge is 0.349 e. The van der Waals surface area contributed by atoms with Gasteiger partial charge >= 0.3 is 5.97 Å². The molecule has 0 spiro atoms. The number of hydrogen-bond acceptors (Lipinski definition) is 7. The number of anilines is 1. The molecule has 3 N–H and O–H groups in total. The number of hydrogen-bond donors (Lipinski definition) is 2. The number of esters is 1. The molecule has 0 aliphatic heterocycles. The molecule has 2 aromatic heterocycles. The highest BCUT2D eigenvalue weighted by Crippen LogP contribution is 2.25. The number of nitrogens with two attached hydrogens (primary N) is 1. The number of nitrogens with one attached hydrogen (secondary N) is 1. The van der Waals surface area contributed by atoms with Crippen molar-refractivity contribution in [1.82, 2.24) is 4.57 Å². The minimum atomic E-state index is -0.935. The first-order valence-electron chi connectivity index (χ1n) is 10.6. The molecule has 180 valence electrons. The van der Waals surface area contributed by atoms with Gasteiger partial charge in [0.05, 0.1) is 12.2 Å². The lowest BCUT2D eigenvalue weighted by molar-refractivity contribution is -0.142. The molecular weight excluding hydrogens is 468 g/mol. The number of amides is 2. The minimum Gasteiger partial charge on any atom is -0.494 e. The van der Waals surface area contributed by atoms with Crippen LogP contribution in [0.3, 0.4) is 0 Å². The maximum absolute atomic E-state index is 12.4. The Balaban J connectivity index is 1.72. The van der Waals surface area contributed by atoms with Crippen LogP contribution >= 0.6 is 11.3 Å². The summed E-state index contributed by atoms with van der Waals surface area (Å²) in [6.45, 7) is 5.66. The van der Waals surface area contributed by atoms with Crippen molar-refractivity contribution < 1.29 is 23.9 Å². The average molecular weight is 493 g/mol. The Morgan fingerprint density at radius 2 is 1.91 bits per heavy atom. The van der Waals surface area contributed by atoms with Crippen molar-refractivity contribution in [1.29, 1.82) is 5.26 Å². The normalized spacial score (nSPS) is 11.0. The molecule has 2 heterocycles. The number of thiophene rings is 1. The summed E-state index contributed by atoms with van der Waals surface area (Å²) < 4.78 is 12.5. The van der Waals surface area contributed by atoms with Crippen LogP contribution in [0.15, 0.2) is 47.4 Å². The zero-order valence-electron chi connectivity index (χ0n) is 19.5. The van der Waals surface area contributed by atoms with Crippen molar-refractivity contribution in [3.8, 4) is 17.5 Å². The highest BCUT2D eigenvalue weighted by Gasteiger charge is 2.18. The third-order valence-electron chi connectivity index (χ3n) is 5.03. The molecule has 0 unspecified atom stereocenters. The van der Waals surface area contributed by atoms with Crippen LogP contribution in [-0.2, 0) is 14.3 Å². The Hall–Kier alpha value is -4.36. The average Bonchev–Trinajstić information content (AvgIpc) is 3.40. The van der Waals surface area contributed by atoms with Crippen LogP contribution in [-0.4, -0.2) is 35.6 Å². The van der Waals surface area contributed by atoms with Crippen molar-refractivity contribution in [2.24, 2.45) is 5.73 Å². The van der Waals surface area contributed by atoms with E-state index in [9.17, 15) is 19.6 Å². The number of nitrogens with zero attached hydrogens (tertiary/aromatic N) is 2. The van der Waals surface area contributed by atoms with Crippen molar-refractivity contribution in [2.75, 3.05) is 18.5 Å². The van der Waals surface area contributed by atoms with E-state index in [1.165, 1.54) is 12.1 Å². The molecule has 10 heteroatoms. The van der Waals surface area contributed by atoms with Crippen LogP contribution in [0.25, 0.3) is 11.8 Å². The lowest BCUT2D eigenvalue weighted by Crippen LogP contribution is -2.22. The lowest BCUT2D eigenvalue weighted by atomic mass is 10.1. The fraction of sp³-hybridized carbons (Fsp3) is 0.200. The zero-order chi connectivity index (χ0) is 25.5.